The third-order valence-corrected chi connectivity index (χ3v) is 4.37. The first kappa shape index (κ1) is 18.7. The molecule has 1 aromatic rings. The summed E-state index contributed by atoms with van der Waals surface area (Å²) in [5, 5.41) is 9.31. The number of aryl methyl sites for hydroxylation is 1. The number of carboxylic acids is 1. The average molecular weight is 304 g/mol. The lowest BCUT2D eigenvalue weighted by Crippen LogP contribution is -2.13. The molecular weight excluding hydrogens is 272 g/mol. The molecule has 0 radical (unpaired) electrons. The van der Waals surface area contributed by atoms with E-state index in [4.69, 9.17) is 0 Å². The van der Waals surface area contributed by atoms with Gasteiger partial charge in [-0.1, -0.05) is 82.2 Å². The standard InChI is InChI=1S/C20H32O2/c1-2-3-4-5-11-16-19(20(21)22)17-12-7-10-15-18-13-8-6-9-14-18/h6,8-9,13-14,19H,2-5,7,10-12,15-17H2,1H3,(H,21,22). The van der Waals surface area contributed by atoms with Gasteiger partial charge in [-0.05, 0) is 31.2 Å². The molecule has 1 rings (SSSR count). The van der Waals surface area contributed by atoms with Gasteiger partial charge >= 0.3 is 5.97 Å². The molecule has 1 aromatic carbocycles. The summed E-state index contributed by atoms with van der Waals surface area (Å²) >= 11 is 0. The van der Waals surface area contributed by atoms with Crippen LogP contribution in [0.4, 0.5) is 0 Å². The molecule has 1 N–H and O–H groups in total. The van der Waals surface area contributed by atoms with Crippen LogP contribution in [0.3, 0.4) is 0 Å². The highest BCUT2D eigenvalue weighted by Crippen LogP contribution is 2.19. The van der Waals surface area contributed by atoms with Gasteiger partial charge in [0.15, 0.2) is 0 Å². The van der Waals surface area contributed by atoms with Crippen molar-refractivity contribution in [3.8, 4) is 0 Å². The summed E-state index contributed by atoms with van der Waals surface area (Å²) < 4.78 is 0. The summed E-state index contributed by atoms with van der Waals surface area (Å²) in [6, 6.07) is 10.5. The summed E-state index contributed by atoms with van der Waals surface area (Å²) in [7, 11) is 0. The van der Waals surface area contributed by atoms with Gasteiger partial charge in [-0.25, -0.2) is 0 Å². The first-order valence-corrected chi connectivity index (χ1v) is 9.00. The number of hydrogen-bond donors (Lipinski definition) is 1. The van der Waals surface area contributed by atoms with Crippen molar-refractivity contribution in [1.82, 2.24) is 0 Å². The lowest BCUT2D eigenvalue weighted by atomic mass is 9.94. The van der Waals surface area contributed by atoms with Crippen molar-refractivity contribution in [3.05, 3.63) is 35.9 Å². The van der Waals surface area contributed by atoms with Crippen molar-refractivity contribution in [2.45, 2.75) is 77.6 Å². The van der Waals surface area contributed by atoms with Crippen LogP contribution in [-0.4, -0.2) is 11.1 Å². The fourth-order valence-corrected chi connectivity index (χ4v) is 2.93. The van der Waals surface area contributed by atoms with Crippen LogP contribution in [0.1, 0.15) is 76.7 Å². The Morgan fingerprint density at radius 1 is 0.909 bits per heavy atom. The van der Waals surface area contributed by atoms with Gasteiger partial charge in [0.05, 0.1) is 5.92 Å². The topological polar surface area (TPSA) is 37.3 Å². The van der Waals surface area contributed by atoms with Crippen LogP contribution in [0.25, 0.3) is 0 Å². The Morgan fingerprint density at radius 3 is 2.09 bits per heavy atom. The third-order valence-electron chi connectivity index (χ3n) is 4.37. The van der Waals surface area contributed by atoms with Crippen LogP contribution in [0.5, 0.6) is 0 Å². The molecule has 0 fully saturated rings. The molecule has 22 heavy (non-hydrogen) atoms. The molecular formula is C20H32O2. The number of carbonyl (C=O) groups is 1. The molecule has 124 valence electrons. The number of unbranched alkanes of at least 4 members (excludes halogenated alkanes) is 6. The van der Waals surface area contributed by atoms with Gasteiger partial charge in [-0.3, -0.25) is 4.79 Å². The monoisotopic (exact) mass is 304 g/mol. The second-order valence-electron chi connectivity index (χ2n) is 6.32. The van der Waals surface area contributed by atoms with Crippen LogP contribution < -0.4 is 0 Å². The number of carboxylic acid groups (broad SMARTS) is 1. The summed E-state index contributed by atoms with van der Waals surface area (Å²) in [6.45, 7) is 2.20. The molecule has 0 aliphatic heterocycles. The maximum Gasteiger partial charge on any atom is 0.306 e. The predicted molar refractivity (Wildman–Crippen MR) is 93.1 cm³/mol. The van der Waals surface area contributed by atoms with E-state index in [-0.39, 0.29) is 5.92 Å². The molecule has 1 atom stereocenters. The SMILES string of the molecule is CCCCCCCC(CCCCCc1ccccc1)C(=O)O. The van der Waals surface area contributed by atoms with Crippen molar-refractivity contribution in [2.75, 3.05) is 0 Å². The lowest BCUT2D eigenvalue weighted by Gasteiger charge is -2.12. The summed E-state index contributed by atoms with van der Waals surface area (Å²) in [6.07, 6.45) is 12.2. The molecule has 2 nitrogen and oxygen atoms in total. The van der Waals surface area contributed by atoms with Crippen LogP contribution in [0.2, 0.25) is 0 Å². The Balaban J connectivity index is 2.09. The zero-order valence-corrected chi connectivity index (χ0v) is 14.1. The van der Waals surface area contributed by atoms with E-state index in [2.05, 4.69) is 31.2 Å². The van der Waals surface area contributed by atoms with Crippen molar-refractivity contribution in [2.24, 2.45) is 5.92 Å². The number of benzene rings is 1. The molecule has 0 saturated heterocycles. The summed E-state index contributed by atoms with van der Waals surface area (Å²) in [4.78, 5) is 11.3. The zero-order chi connectivity index (χ0) is 16.0. The van der Waals surface area contributed by atoms with Gasteiger partial charge in [0.25, 0.3) is 0 Å². The fraction of sp³-hybridized carbons (Fsp3) is 0.650. The highest BCUT2D eigenvalue weighted by Gasteiger charge is 2.16. The minimum Gasteiger partial charge on any atom is -0.481 e. The van der Waals surface area contributed by atoms with Crippen molar-refractivity contribution in [3.63, 3.8) is 0 Å². The van der Waals surface area contributed by atoms with E-state index in [1.165, 1.54) is 31.2 Å². The van der Waals surface area contributed by atoms with Gasteiger partial charge < -0.3 is 5.11 Å². The predicted octanol–water partition coefficient (Wildman–Crippen LogP) is 5.85. The molecule has 0 aliphatic rings. The minimum atomic E-state index is -0.599. The van der Waals surface area contributed by atoms with Crippen LogP contribution in [-0.2, 0) is 11.2 Å². The van der Waals surface area contributed by atoms with Crippen LogP contribution in [0.15, 0.2) is 30.3 Å². The van der Waals surface area contributed by atoms with Crippen LogP contribution >= 0.6 is 0 Å². The maximum atomic E-state index is 11.3. The van der Waals surface area contributed by atoms with E-state index in [0.717, 1.165) is 44.9 Å². The highest BCUT2D eigenvalue weighted by atomic mass is 16.4. The number of aliphatic carboxylic acids is 1. The van der Waals surface area contributed by atoms with Crippen molar-refractivity contribution < 1.29 is 9.90 Å². The first-order chi connectivity index (χ1) is 10.7. The van der Waals surface area contributed by atoms with Crippen LogP contribution in [0, 0.1) is 5.92 Å². The quantitative estimate of drug-likeness (QED) is 0.464. The molecule has 1 unspecified atom stereocenters. The van der Waals surface area contributed by atoms with E-state index in [1.807, 2.05) is 6.07 Å². The minimum absolute atomic E-state index is 0.127. The summed E-state index contributed by atoms with van der Waals surface area (Å²) in [5.74, 6) is -0.725. The van der Waals surface area contributed by atoms with Crippen molar-refractivity contribution >= 4 is 5.97 Å². The maximum absolute atomic E-state index is 11.3. The average Bonchev–Trinajstić information content (AvgIpc) is 2.53. The second-order valence-corrected chi connectivity index (χ2v) is 6.32. The Hall–Kier alpha value is -1.31. The molecule has 0 heterocycles. The number of hydrogen-bond acceptors (Lipinski definition) is 1. The highest BCUT2D eigenvalue weighted by molar-refractivity contribution is 5.69. The number of rotatable bonds is 13. The Kier molecular flexibility index (Phi) is 10.4. The van der Waals surface area contributed by atoms with Gasteiger partial charge in [-0.2, -0.15) is 0 Å². The van der Waals surface area contributed by atoms with Crippen molar-refractivity contribution in [1.29, 1.82) is 0 Å². The first-order valence-electron chi connectivity index (χ1n) is 9.00. The molecule has 0 spiro atoms. The van der Waals surface area contributed by atoms with E-state index < -0.39 is 5.97 Å². The van der Waals surface area contributed by atoms with E-state index in [1.54, 1.807) is 0 Å². The Labute approximate surface area is 135 Å². The van der Waals surface area contributed by atoms with Gasteiger partial charge in [0.1, 0.15) is 0 Å². The van der Waals surface area contributed by atoms with Gasteiger partial charge in [-0.15, -0.1) is 0 Å². The fourth-order valence-electron chi connectivity index (χ4n) is 2.93. The largest absolute Gasteiger partial charge is 0.481 e. The Morgan fingerprint density at radius 2 is 1.50 bits per heavy atom. The smallest absolute Gasteiger partial charge is 0.306 e. The molecule has 0 saturated carbocycles. The van der Waals surface area contributed by atoms with Gasteiger partial charge in [0.2, 0.25) is 0 Å². The summed E-state index contributed by atoms with van der Waals surface area (Å²) in [5.41, 5.74) is 1.38. The third kappa shape index (κ3) is 8.86. The molecule has 0 amide bonds. The molecule has 0 aliphatic carbocycles. The lowest BCUT2D eigenvalue weighted by molar-refractivity contribution is -0.142. The molecule has 0 bridgehead atoms. The van der Waals surface area contributed by atoms with Gasteiger partial charge in [0, 0.05) is 0 Å². The van der Waals surface area contributed by atoms with E-state index in [0.29, 0.717) is 0 Å². The molecule has 2 heteroatoms. The van der Waals surface area contributed by atoms with E-state index in [9.17, 15) is 9.90 Å². The second kappa shape index (κ2) is 12.3. The zero-order valence-electron chi connectivity index (χ0n) is 14.1. The Bertz CT molecular complexity index is 386. The normalized spacial score (nSPS) is 12.2. The van der Waals surface area contributed by atoms with E-state index >= 15 is 0 Å². The molecule has 0 aromatic heterocycles.